The monoisotopic (exact) mass is 500 g/mol. The molecule has 0 aliphatic carbocycles. The van der Waals surface area contributed by atoms with E-state index in [1.54, 1.807) is 34.9 Å². The van der Waals surface area contributed by atoms with E-state index < -0.39 is 17.7 Å². The molecule has 9 heteroatoms. The van der Waals surface area contributed by atoms with E-state index in [1.807, 2.05) is 26.0 Å². The topological polar surface area (TPSA) is 64.3 Å². The minimum Gasteiger partial charge on any atom is -0.491 e. The Morgan fingerprint density at radius 3 is 2.40 bits per heavy atom. The van der Waals surface area contributed by atoms with Crippen LogP contribution in [0.3, 0.4) is 0 Å². The summed E-state index contributed by atoms with van der Waals surface area (Å²) in [6.07, 6.45) is -1.29. The zero-order chi connectivity index (χ0) is 25.3. The lowest BCUT2D eigenvalue weighted by atomic mass is 10.1. The van der Waals surface area contributed by atoms with E-state index in [2.05, 4.69) is 4.98 Å². The maximum Gasteiger partial charge on any atom is 0.417 e. The lowest BCUT2D eigenvalue weighted by molar-refractivity contribution is -0.137. The SMILES string of the molecule is CC(C)Oc1ccc(-n2c(/C=C/C(=O)O)c(Cl)c3cc(-c4ccc(C(F)(F)F)cn4)ccc32)cc1. The summed E-state index contributed by atoms with van der Waals surface area (Å²) in [4.78, 5) is 15.1. The van der Waals surface area contributed by atoms with Crippen LogP contribution in [0.5, 0.6) is 5.75 Å². The van der Waals surface area contributed by atoms with Gasteiger partial charge in [0.2, 0.25) is 0 Å². The van der Waals surface area contributed by atoms with Crippen molar-refractivity contribution in [2.75, 3.05) is 0 Å². The van der Waals surface area contributed by atoms with E-state index in [1.165, 1.54) is 12.1 Å². The Kier molecular flexibility index (Phi) is 6.58. The van der Waals surface area contributed by atoms with Gasteiger partial charge in [-0.1, -0.05) is 17.7 Å². The number of carbonyl (C=O) groups is 1. The van der Waals surface area contributed by atoms with Crippen molar-refractivity contribution in [3.8, 4) is 22.7 Å². The first-order valence-electron chi connectivity index (χ1n) is 10.6. The molecule has 35 heavy (non-hydrogen) atoms. The zero-order valence-corrected chi connectivity index (χ0v) is 19.4. The Balaban J connectivity index is 1.84. The van der Waals surface area contributed by atoms with Gasteiger partial charge < -0.3 is 14.4 Å². The molecule has 5 nitrogen and oxygen atoms in total. The predicted octanol–water partition coefficient (Wildman–Crippen LogP) is 7.25. The van der Waals surface area contributed by atoms with Crippen LogP contribution in [0.2, 0.25) is 5.02 Å². The highest BCUT2D eigenvalue weighted by Crippen LogP contribution is 2.37. The molecule has 0 unspecified atom stereocenters. The molecule has 0 aliphatic heterocycles. The van der Waals surface area contributed by atoms with Crippen LogP contribution in [-0.2, 0) is 11.0 Å². The number of hydrogen-bond acceptors (Lipinski definition) is 3. The Morgan fingerprint density at radius 2 is 1.83 bits per heavy atom. The van der Waals surface area contributed by atoms with Gasteiger partial charge in [-0.25, -0.2) is 4.79 Å². The fourth-order valence-corrected chi connectivity index (χ4v) is 3.99. The van der Waals surface area contributed by atoms with Gasteiger partial charge in [0.25, 0.3) is 0 Å². The van der Waals surface area contributed by atoms with Gasteiger partial charge in [0.15, 0.2) is 0 Å². The van der Waals surface area contributed by atoms with Gasteiger partial charge in [0.05, 0.1) is 33.6 Å². The molecule has 2 heterocycles. The molecule has 180 valence electrons. The van der Waals surface area contributed by atoms with Crippen molar-refractivity contribution in [1.29, 1.82) is 0 Å². The number of ether oxygens (including phenoxy) is 1. The largest absolute Gasteiger partial charge is 0.491 e. The third kappa shape index (κ3) is 5.17. The van der Waals surface area contributed by atoms with Crippen LogP contribution >= 0.6 is 11.6 Å². The summed E-state index contributed by atoms with van der Waals surface area (Å²) in [7, 11) is 0. The average molecular weight is 501 g/mol. The van der Waals surface area contributed by atoms with E-state index in [0.717, 1.165) is 24.0 Å². The average Bonchev–Trinajstić information content (AvgIpc) is 3.08. The fourth-order valence-electron chi connectivity index (χ4n) is 3.69. The highest BCUT2D eigenvalue weighted by atomic mass is 35.5. The number of aliphatic carboxylic acids is 1. The van der Waals surface area contributed by atoms with Crippen molar-refractivity contribution >= 4 is 34.5 Å². The highest BCUT2D eigenvalue weighted by Gasteiger charge is 2.30. The Hall–Kier alpha value is -3.78. The number of pyridine rings is 1. The highest BCUT2D eigenvalue weighted by molar-refractivity contribution is 6.37. The van der Waals surface area contributed by atoms with Crippen LogP contribution in [0.15, 0.2) is 66.9 Å². The molecule has 0 atom stereocenters. The summed E-state index contributed by atoms with van der Waals surface area (Å²) in [6, 6.07) is 14.8. The Labute approximate surface area is 204 Å². The first-order chi connectivity index (χ1) is 16.5. The van der Waals surface area contributed by atoms with Gasteiger partial charge in [-0.2, -0.15) is 13.2 Å². The lowest BCUT2D eigenvalue weighted by Gasteiger charge is -2.12. The second-order valence-corrected chi connectivity index (χ2v) is 8.41. The molecule has 2 aromatic carbocycles. The molecule has 0 amide bonds. The van der Waals surface area contributed by atoms with Crippen LogP contribution in [0.4, 0.5) is 13.2 Å². The predicted molar refractivity (Wildman–Crippen MR) is 129 cm³/mol. The summed E-state index contributed by atoms with van der Waals surface area (Å²) in [6.45, 7) is 3.84. The number of aromatic nitrogens is 2. The minimum atomic E-state index is -4.48. The Morgan fingerprint density at radius 1 is 1.11 bits per heavy atom. The zero-order valence-electron chi connectivity index (χ0n) is 18.7. The van der Waals surface area contributed by atoms with Gasteiger partial charge in [0, 0.05) is 28.9 Å². The molecule has 4 aromatic rings. The summed E-state index contributed by atoms with van der Waals surface area (Å²) in [5.74, 6) is -0.446. The van der Waals surface area contributed by atoms with Gasteiger partial charge >= 0.3 is 12.1 Å². The molecule has 1 N–H and O–H groups in total. The van der Waals surface area contributed by atoms with Crippen LogP contribution in [0.1, 0.15) is 25.1 Å². The van der Waals surface area contributed by atoms with Crippen molar-refractivity contribution < 1.29 is 27.8 Å². The van der Waals surface area contributed by atoms with Gasteiger partial charge in [0.1, 0.15) is 5.75 Å². The molecular weight excluding hydrogens is 481 g/mol. The molecule has 0 spiro atoms. The molecule has 0 radical (unpaired) electrons. The number of alkyl halides is 3. The second kappa shape index (κ2) is 9.46. The van der Waals surface area contributed by atoms with Crippen molar-refractivity contribution in [3.63, 3.8) is 0 Å². The van der Waals surface area contributed by atoms with E-state index in [-0.39, 0.29) is 6.10 Å². The fraction of sp³-hybridized carbons (Fsp3) is 0.154. The van der Waals surface area contributed by atoms with Crippen molar-refractivity contribution in [3.05, 3.63) is 83.2 Å². The molecular formula is C26H20ClF3N2O3. The molecule has 0 fully saturated rings. The summed E-state index contributed by atoms with van der Waals surface area (Å²) in [5.41, 5.74) is 1.94. The van der Waals surface area contributed by atoms with Crippen molar-refractivity contribution in [2.45, 2.75) is 26.1 Å². The van der Waals surface area contributed by atoms with E-state index in [0.29, 0.717) is 38.6 Å². The number of halogens is 4. The van der Waals surface area contributed by atoms with Crippen molar-refractivity contribution in [1.82, 2.24) is 9.55 Å². The van der Waals surface area contributed by atoms with Gasteiger partial charge in [-0.3, -0.25) is 4.98 Å². The van der Waals surface area contributed by atoms with Crippen molar-refractivity contribution in [2.24, 2.45) is 0 Å². The number of fused-ring (bicyclic) bond motifs is 1. The number of hydrogen-bond donors (Lipinski definition) is 1. The lowest BCUT2D eigenvalue weighted by Crippen LogP contribution is -2.05. The summed E-state index contributed by atoms with van der Waals surface area (Å²) in [5, 5.41) is 10.0. The third-order valence-corrected chi connectivity index (χ3v) is 5.57. The molecule has 4 rings (SSSR count). The third-order valence-electron chi connectivity index (χ3n) is 5.18. The maximum atomic E-state index is 12.9. The quantitative estimate of drug-likeness (QED) is 0.283. The van der Waals surface area contributed by atoms with E-state index >= 15 is 0 Å². The molecule has 0 saturated heterocycles. The molecule has 0 aliphatic rings. The van der Waals surface area contributed by atoms with Crippen LogP contribution in [0, 0.1) is 0 Å². The number of carboxylic acids is 1. The second-order valence-electron chi connectivity index (χ2n) is 8.03. The minimum absolute atomic E-state index is 0.00833. The van der Waals surface area contributed by atoms with Gasteiger partial charge in [-0.05, 0) is 68.5 Å². The standard InChI is InChI=1S/C26H20ClF3N2O3/c1-15(2)35-19-7-5-18(6-8-19)32-22-10-3-16(21-9-4-17(14-31-21)26(28,29)30)13-20(22)25(27)23(32)11-12-24(33)34/h3-15H,1-2H3,(H,33,34)/b12-11+. The number of nitrogens with zero attached hydrogens (tertiary/aromatic N) is 2. The number of rotatable bonds is 6. The molecule has 2 aromatic heterocycles. The normalized spacial score (nSPS) is 12.1. The Bertz CT molecular complexity index is 1410. The van der Waals surface area contributed by atoms with E-state index in [9.17, 15) is 18.0 Å². The maximum absolute atomic E-state index is 12.9. The first kappa shape index (κ1) is 24.3. The number of benzene rings is 2. The van der Waals surface area contributed by atoms with E-state index in [4.69, 9.17) is 21.4 Å². The first-order valence-corrected chi connectivity index (χ1v) is 11.0. The van der Waals surface area contributed by atoms with Gasteiger partial charge in [-0.15, -0.1) is 0 Å². The number of carboxylic acid groups (broad SMARTS) is 1. The van der Waals surface area contributed by atoms with Crippen LogP contribution < -0.4 is 4.74 Å². The molecule has 0 saturated carbocycles. The molecule has 0 bridgehead atoms. The van der Waals surface area contributed by atoms with Crippen LogP contribution in [0.25, 0.3) is 33.9 Å². The smallest absolute Gasteiger partial charge is 0.417 e. The summed E-state index contributed by atoms with van der Waals surface area (Å²) < 4.78 is 46.2. The van der Waals surface area contributed by atoms with Crippen LogP contribution in [-0.4, -0.2) is 26.7 Å². The summed E-state index contributed by atoms with van der Waals surface area (Å²) >= 11 is 6.68.